The number of hydrogen-bond acceptors (Lipinski definition) is 3. The number of hydrogen-bond donors (Lipinski definition) is 0. The molecule has 1 saturated heterocycles. The van der Waals surface area contributed by atoms with Gasteiger partial charge in [-0.2, -0.15) is 0 Å². The average Bonchev–Trinajstić information content (AvgIpc) is 2.95. The first-order chi connectivity index (χ1) is 10.6. The van der Waals surface area contributed by atoms with Gasteiger partial charge in [-0.15, -0.1) is 0 Å². The molecule has 0 aliphatic carbocycles. The number of amides is 1. The van der Waals surface area contributed by atoms with E-state index in [-0.39, 0.29) is 5.91 Å². The van der Waals surface area contributed by atoms with Crippen LogP contribution < -0.4 is 0 Å². The van der Waals surface area contributed by atoms with E-state index < -0.39 is 0 Å². The summed E-state index contributed by atoms with van der Waals surface area (Å²) >= 11 is 6.21. The van der Waals surface area contributed by atoms with Crippen molar-refractivity contribution in [1.82, 2.24) is 10.1 Å². The molecule has 2 atom stereocenters. The van der Waals surface area contributed by atoms with Gasteiger partial charge in [0.05, 0.1) is 11.2 Å². The lowest BCUT2D eigenvalue weighted by atomic mass is 9.91. The van der Waals surface area contributed by atoms with Crippen LogP contribution in [0.2, 0.25) is 5.02 Å². The third-order valence-electron chi connectivity index (χ3n) is 4.08. The minimum Gasteiger partial charge on any atom is -0.355 e. The Labute approximate surface area is 135 Å². The highest BCUT2D eigenvalue weighted by Crippen LogP contribution is 2.32. The fourth-order valence-corrected chi connectivity index (χ4v) is 3.45. The van der Waals surface area contributed by atoms with Crippen LogP contribution in [-0.4, -0.2) is 29.1 Å². The second-order valence-corrected chi connectivity index (χ2v) is 6.61. The van der Waals surface area contributed by atoms with E-state index in [4.69, 9.17) is 16.1 Å². The van der Waals surface area contributed by atoms with Gasteiger partial charge in [0.15, 0.2) is 5.76 Å². The van der Waals surface area contributed by atoms with Crippen molar-refractivity contribution in [3.63, 3.8) is 0 Å². The van der Waals surface area contributed by atoms with Crippen LogP contribution in [-0.2, 0) is 0 Å². The van der Waals surface area contributed by atoms with Crippen LogP contribution >= 0.6 is 11.6 Å². The molecule has 0 radical (unpaired) electrons. The summed E-state index contributed by atoms with van der Waals surface area (Å²) in [5, 5.41) is 4.36. The second kappa shape index (κ2) is 6.13. The van der Waals surface area contributed by atoms with Gasteiger partial charge in [-0.25, -0.2) is 0 Å². The summed E-state index contributed by atoms with van der Waals surface area (Å²) in [6.07, 6.45) is 2.65. The largest absolute Gasteiger partial charge is 0.355 e. The van der Waals surface area contributed by atoms with Crippen LogP contribution in [0.5, 0.6) is 0 Å². The molecular weight excluding hydrogens is 300 g/mol. The average molecular weight is 319 g/mol. The number of nitrogens with zero attached hydrogens (tertiary/aromatic N) is 2. The third-order valence-corrected chi connectivity index (χ3v) is 4.40. The second-order valence-electron chi connectivity index (χ2n) is 6.20. The fourth-order valence-electron chi connectivity index (χ4n) is 3.23. The number of halogens is 1. The van der Waals surface area contributed by atoms with E-state index in [9.17, 15) is 4.79 Å². The monoisotopic (exact) mass is 318 g/mol. The highest BCUT2D eigenvalue weighted by atomic mass is 35.5. The Morgan fingerprint density at radius 2 is 1.95 bits per heavy atom. The molecule has 1 aromatic carbocycles. The summed E-state index contributed by atoms with van der Waals surface area (Å²) in [5.41, 5.74) is 1.18. The Morgan fingerprint density at radius 1 is 1.27 bits per heavy atom. The molecule has 0 spiro atoms. The maximum absolute atomic E-state index is 12.8. The van der Waals surface area contributed by atoms with Crippen LogP contribution in [0.3, 0.4) is 0 Å². The Balaban J connectivity index is 1.92. The molecule has 1 aliphatic heterocycles. The summed E-state index contributed by atoms with van der Waals surface area (Å²) in [7, 11) is 0. The molecule has 0 N–H and O–H groups in total. The minimum atomic E-state index is -0.0328. The smallest absolute Gasteiger partial charge is 0.259 e. The van der Waals surface area contributed by atoms with Gasteiger partial charge in [-0.3, -0.25) is 4.79 Å². The van der Waals surface area contributed by atoms with Crippen LogP contribution in [0.25, 0.3) is 11.3 Å². The molecule has 116 valence electrons. The molecule has 22 heavy (non-hydrogen) atoms. The standard InChI is InChI=1S/C17H19ClN2O2/c1-11-7-12(2)10-20(9-11)17(21)14-8-19-22-16(14)13-5-3-4-6-15(13)18/h3-6,8,11-12H,7,9-10H2,1-2H3. The molecule has 1 aliphatic rings. The summed E-state index contributed by atoms with van der Waals surface area (Å²) < 4.78 is 5.32. The van der Waals surface area contributed by atoms with Crippen molar-refractivity contribution in [1.29, 1.82) is 0 Å². The van der Waals surface area contributed by atoms with E-state index in [1.54, 1.807) is 6.07 Å². The normalized spacial score (nSPS) is 21.9. The SMILES string of the molecule is CC1CC(C)CN(C(=O)c2cnoc2-c2ccccc2Cl)C1. The number of piperidine rings is 1. The molecule has 2 aromatic rings. The summed E-state index contributed by atoms with van der Waals surface area (Å²) in [6.45, 7) is 5.91. The molecule has 0 bridgehead atoms. The predicted molar refractivity (Wildman–Crippen MR) is 85.8 cm³/mol. The molecule has 4 nitrogen and oxygen atoms in total. The van der Waals surface area contributed by atoms with Crippen LogP contribution in [0.15, 0.2) is 35.0 Å². The zero-order valence-corrected chi connectivity index (χ0v) is 13.5. The van der Waals surface area contributed by atoms with Gasteiger partial charge < -0.3 is 9.42 Å². The van der Waals surface area contributed by atoms with Gasteiger partial charge >= 0.3 is 0 Å². The molecule has 1 amide bonds. The highest BCUT2D eigenvalue weighted by Gasteiger charge is 2.29. The van der Waals surface area contributed by atoms with Crippen LogP contribution in [0.4, 0.5) is 0 Å². The van der Waals surface area contributed by atoms with Gasteiger partial charge in [0.2, 0.25) is 0 Å². The topological polar surface area (TPSA) is 46.3 Å². The highest BCUT2D eigenvalue weighted by molar-refractivity contribution is 6.33. The first-order valence-electron chi connectivity index (χ1n) is 7.55. The van der Waals surface area contributed by atoms with Crippen molar-refractivity contribution in [3.05, 3.63) is 41.0 Å². The van der Waals surface area contributed by atoms with E-state index in [1.807, 2.05) is 23.1 Å². The quantitative estimate of drug-likeness (QED) is 0.837. The maximum atomic E-state index is 12.8. The zero-order chi connectivity index (χ0) is 15.7. The molecular formula is C17H19ClN2O2. The Morgan fingerprint density at radius 3 is 2.64 bits per heavy atom. The molecule has 0 saturated carbocycles. The Hall–Kier alpha value is -1.81. The van der Waals surface area contributed by atoms with E-state index in [0.717, 1.165) is 19.5 Å². The third kappa shape index (κ3) is 2.88. The van der Waals surface area contributed by atoms with Crippen molar-refractivity contribution in [2.24, 2.45) is 11.8 Å². The predicted octanol–water partition coefficient (Wildman–Crippen LogP) is 4.11. The van der Waals surface area contributed by atoms with Crippen LogP contribution in [0, 0.1) is 11.8 Å². The first-order valence-corrected chi connectivity index (χ1v) is 7.93. The summed E-state index contributed by atoms with van der Waals surface area (Å²) in [5.74, 6) is 1.43. The van der Waals surface area contributed by atoms with Gasteiger partial charge in [0, 0.05) is 18.7 Å². The number of carbonyl (C=O) groups excluding carboxylic acids is 1. The fraction of sp³-hybridized carbons (Fsp3) is 0.412. The molecule has 2 heterocycles. The molecule has 2 unspecified atom stereocenters. The van der Waals surface area contributed by atoms with E-state index >= 15 is 0 Å². The van der Waals surface area contributed by atoms with Crippen molar-refractivity contribution in [2.75, 3.05) is 13.1 Å². The molecule has 5 heteroatoms. The zero-order valence-electron chi connectivity index (χ0n) is 12.8. The summed E-state index contributed by atoms with van der Waals surface area (Å²) in [6, 6.07) is 7.32. The van der Waals surface area contributed by atoms with E-state index in [0.29, 0.717) is 33.7 Å². The van der Waals surface area contributed by atoms with Crippen molar-refractivity contribution in [3.8, 4) is 11.3 Å². The Kier molecular flexibility index (Phi) is 4.21. The number of benzene rings is 1. The van der Waals surface area contributed by atoms with Gasteiger partial charge in [0.1, 0.15) is 5.56 Å². The maximum Gasteiger partial charge on any atom is 0.259 e. The van der Waals surface area contributed by atoms with Crippen molar-refractivity contribution in [2.45, 2.75) is 20.3 Å². The number of likely N-dealkylation sites (tertiary alicyclic amines) is 1. The molecule has 1 fully saturated rings. The van der Waals surface area contributed by atoms with E-state index in [1.165, 1.54) is 6.20 Å². The van der Waals surface area contributed by atoms with Crippen molar-refractivity contribution >= 4 is 17.5 Å². The van der Waals surface area contributed by atoms with Gasteiger partial charge in [0.25, 0.3) is 5.91 Å². The van der Waals surface area contributed by atoms with Gasteiger partial charge in [-0.1, -0.05) is 42.7 Å². The minimum absolute atomic E-state index is 0.0328. The van der Waals surface area contributed by atoms with Crippen LogP contribution in [0.1, 0.15) is 30.6 Å². The lowest BCUT2D eigenvalue weighted by Gasteiger charge is -2.34. The summed E-state index contributed by atoms with van der Waals surface area (Å²) in [4.78, 5) is 14.7. The number of carbonyl (C=O) groups is 1. The molecule has 3 rings (SSSR count). The molecule has 1 aromatic heterocycles. The van der Waals surface area contributed by atoms with Crippen molar-refractivity contribution < 1.29 is 9.32 Å². The lowest BCUT2D eigenvalue weighted by Crippen LogP contribution is -2.42. The number of aromatic nitrogens is 1. The number of rotatable bonds is 2. The van der Waals surface area contributed by atoms with Gasteiger partial charge in [-0.05, 0) is 30.4 Å². The lowest BCUT2D eigenvalue weighted by molar-refractivity contribution is 0.0623. The Bertz CT molecular complexity index is 673. The van der Waals surface area contributed by atoms with E-state index in [2.05, 4.69) is 19.0 Å². The first kappa shape index (κ1) is 15.1.